The van der Waals surface area contributed by atoms with Crippen LogP contribution in [0, 0.1) is 0 Å². The highest BCUT2D eigenvalue weighted by Gasteiger charge is 2.23. The highest BCUT2D eigenvalue weighted by Crippen LogP contribution is 2.36. The number of ether oxygens (including phenoxy) is 1. The molecule has 1 aliphatic rings. The molecular weight excluding hydrogens is 444 g/mol. The molecule has 9 heteroatoms. The van der Waals surface area contributed by atoms with Gasteiger partial charge in [0.25, 0.3) is 0 Å². The van der Waals surface area contributed by atoms with Gasteiger partial charge >= 0.3 is 0 Å². The third-order valence-electron chi connectivity index (χ3n) is 6.18. The van der Waals surface area contributed by atoms with E-state index in [0.29, 0.717) is 48.9 Å². The lowest BCUT2D eigenvalue weighted by atomic mass is 10.1. The molecule has 0 spiro atoms. The van der Waals surface area contributed by atoms with Crippen LogP contribution in [0.5, 0.6) is 0 Å². The molecule has 35 heavy (non-hydrogen) atoms. The van der Waals surface area contributed by atoms with Gasteiger partial charge in [0.2, 0.25) is 11.6 Å². The molecule has 6 rings (SSSR count). The second kappa shape index (κ2) is 8.52. The van der Waals surface area contributed by atoms with E-state index in [-0.39, 0.29) is 5.91 Å². The van der Waals surface area contributed by atoms with Crippen LogP contribution in [-0.2, 0) is 9.53 Å². The van der Waals surface area contributed by atoms with Crippen LogP contribution >= 0.6 is 0 Å². The highest BCUT2D eigenvalue weighted by atomic mass is 16.5. The Bertz CT molecular complexity index is 1590. The lowest BCUT2D eigenvalue weighted by molar-refractivity contribution is -0.123. The molecule has 0 atom stereocenters. The second-order valence-electron chi connectivity index (χ2n) is 8.68. The number of morpholine rings is 1. The number of furan rings is 1. The first kappa shape index (κ1) is 21.3. The number of rotatable bonds is 4. The second-order valence-corrected chi connectivity index (χ2v) is 8.68. The molecule has 5 aromatic rings. The first-order valence-electron chi connectivity index (χ1n) is 11.5. The van der Waals surface area contributed by atoms with E-state index in [9.17, 15) is 4.79 Å². The minimum atomic E-state index is -0.0963. The number of likely N-dealkylation sites (N-methyl/N-ethyl adjacent to an activating group) is 1. The van der Waals surface area contributed by atoms with Crippen molar-refractivity contribution in [2.24, 2.45) is 0 Å². The van der Waals surface area contributed by atoms with Gasteiger partial charge in [-0.25, -0.2) is 15.0 Å². The maximum Gasteiger partial charge on any atom is 0.246 e. The Kier molecular flexibility index (Phi) is 5.18. The summed E-state index contributed by atoms with van der Waals surface area (Å²) in [4.78, 5) is 33.4. The Balaban J connectivity index is 1.57. The number of amides is 1. The number of pyridine rings is 1. The van der Waals surface area contributed by atoms with Crippen molar-refractivity contribution in [1.29, 1.82) is 0 Å². The molecule has 0 unspecified atom stereocenters. The summed E-state index contributed by atoms with van der Waals surface area (Å²) in [6.45, 7) is 2.68. The standard InChI is InChI=1S/C26H24N6O3/c1-31(2)21(33)7-6-16-14-19-22-23(35-26(19)28-15-16)25(32-10-12-34-13-11-32)30-24(29-22)18-4-3-5-20-17(18)8-9-27-20/h3-9,14-15,27H,10-13H2,1-2H3. The van der Waals surface area contributed by atoms with E-state index in [1.54, 1.807) is 26.4 Å². The Hall–Kier alpha value is -4.24. The molecule has 0 bridgehead atoms. The number of hydrogen-bond acceptors (Lipinski definition) is 7. The molecule has 1 fully saturated rings. The zero-order valence-corrected chi connectivity index (χ0v) is 19.5. The van der Waals surface area contributed by atoms with Crippen LogP contribution in [0.25, 0.3) is 50.6 Å². The third-order valence-corrected chi connectivity index (χ3v) is 6.18. The predicted molar refractivity (Wildman–Crippen MR) is 135 cm³/mol. The quantitative estimate of drug-likeness (QED) is 0.400. The maximum absolute atomic E-state index is 12.0. The van der Waals surface area contributed by atoms with Gasteiger partial charge in [0.05, 0.1) is 18.6 Å². The van der Waals surface area contributed by atoms with Crippen molar-refractivity contribution >= 4 is 50.9 Å². The van der Waals surface area contributed by atoms with Gasteiger partial charge in [-0.3, -0.25) is 4.79 Å². The molecule has 1 aliphatic heterocycles. The molecule has 9 nitrogen and oxygen atoms in total. The average molecular weight is 469 g/mol. The van der Waals surface area contributed by atoms with E-state index in [4.69, 9.17) is 19.1 Å². The first-order valence-corrected chi connectivity index (χ1v) is 11.5. The summed E-state index contributed by atoms with van der Waals surface area (Å²) >= 11 is 0. The number of anilines is 1. The Morgan fingerprint density at radius 3 is 2.83 bits per heavy atom. The summed E-state index contributed by atoms with van der Waals surface area (Å²) in [5.74, 6) is 1.26. The zero-order chi connectivity index (χ0) is 23.9. The minimum absolute atomic E-state index is 0.0963. The minimum Gasteiger partial charge on any atom is -0.432 e. The molecule has 176 valence electrons. The number of nitrogens with zero attached hydrogens (tertiary/aromatic N) is 5. The van der Waals surface area contributed by atoms with Gasteiger partial charge < -0.3 is 23.9 Å². The third kappa shape index (κ3) is 3.79. The molecule has 1 N–H and O–H groups in total. The van der Waals surface area contributed by atoms with Crippen molar-refractivity contribution in [3.05, 3.63) is 54.4 Å². The number of benzene rings is 1. The highest BCUT2D eigenvalue weighted by molar-refractivity contribution is 6.06. The van der Waals surface area contributed by atoms with E-state index in [0.717, 1.165) is 33.2 Å². The smallest absolute Gasteiger partial charge is 0.246 e. The van der Waals surface area contributed by atoms with Gasteiger partial charge in [0.1, 0.15) is 5.52 Å². The fraction of sp³-hybridized carbons (Fsp3) is 0.231. The molecule has 0 aliphatic carbocycles. The number of fused-ring (bicyclic) bond motifs is 4. The van der Waals surface area contributed by atoms with E-state index in [1.165, 1.54) is 11.0 Å². The Labute approximate surface area is 201 Å². The van der Waals surface area contributed by atoms with Gasteiger partial charge in [-0.2, -0.15) is 0 Å². The van der Waals surface area contributed by atoms with Crippen LogP contribution in [-0.4, -0.2) is 71.1 Å². The summed E-state index contributed by atoms with van der Waals surface area (Å²) in [5.41, 5.74) is 4.53. The van der Waals surface area contributed by atoms with Crippen molar-refractivity contribution in [2.75, 3.05) is 45.3 Å². The number of aromatic nitrogens is 4. The molecule has 1 aromatic carbocycles. The predicted octanol–water partition coefficient (Wildman–Crippen LogP) is 3.86. The van der Waals surface area contributed by atoms with Crippen LogP contribution in [0.3, 0.4) is 0 Å². The summed E-state index contributed by atoms with van der Waals surface area (Å²) < 4.78 is 11.8. The SMILES string of the molecule is CN(C)C(=O)C=Cc1cnc2oc3c(N4CCOCC4)nc(-c4cccc5[nH]ccc45)nc3c2c1. The Morgan fingerprint density at radius 1 is 1.14 bits per heavy atom. The van der Waals surface area contributed by atoms with E-state index < -0.39 is 0 Å². The van der Waals surface area contributed by atoms with E-state index in [2.05, 4.69) is 14.9 Å². The van der Waals surface area contributed by atoms with Gasteiger partial charge in [0.15, 0.2) is 17.2 Å². The number of carbonyl (C=O) groups is 1. The first-order chi connectivity index (χ1) is 17.1. The molecule has 4 aromatic heterocycles. The molecular formula is C26H24N6O3. The van der Waals surface area contributed by atoms with Gasteiger partial charge in [-0.15, -0.1) is 0 Å². The summed E-state index contributed by atoms with van der Waals surface area (Å²) in [6.07, 6.45) is 6.88. The summed E-state index contributed by atoms with van der Waals surface area (Å²) in [7, 11) is 3.43. The molecule has 1 amide bonds. The molecule has 0 saturated carbocycles. The topological polar surface area (TPSA) is 100 Å². The van der Waals surface area contributed by atoms with Crippen LogP contribution in [0.1, 0.15) is 5.56 Å². The van der Waals surface area contributed by atoms with Gasteiger partial charge in [0, 0.05) is 62.1 Å². The fourth-order valence-electron chi connectivity index (χ4n) is 4.33. The number of carbonyl (C=O) groups excluding carboxylic acids is 1. The lowest BCUT2D eigenvalue weighted by Gasteiger charge is -2.27. The molecule has 0 radical (unpaired) electrons. The van der Waals surface area contributed by atoms with Gasteiger partial charge in [-0.05, 0) is 29.8 Å². The normalized spacial score (nSPS) is 14.5. The van der Waals surface area contributed by atoms with Crippen LogP contribution in [0.15, 0.2) is 53.2 Å². The van der Waals surface area contributed by atoms with Crippen LogP contribution in [0.2, 0.25) is 0 Å². The monoisotopic (exact) mass is 468 g/mol. The number of H-pyrrole nitrogens is 1. The van der Waals surface area contributed by atoms with Crippen LogP contribution in [0.4, 0.5) is 5.82 Å². The van der Waals surface area contributed by atoms with Crippen molar-refractivity contribution in [2.45, 2.75) is 0 Å². The number of aromatic amines is 1. The lowest BCUT2D eigenvalue weighted by Crippen LogP contribution is -2.37. The molecule has 1 saturated heterocycles. The maximum atomic E-state index is 12.0. The van der Waals surface area contributed by atoms with Crippen molar-refractivity contribution in [3.63, 3.8) is 0 Å². The Morgan fingerprint density at radius 2 is 2.00 bits per heavy atom. The fourth-order valence-corrected chi connectivity index (χ4v) is 4.33. The largest absolute Gasteiger partial charge is 0.432 e. The van der Waals surface area contributed by atoms with Crippen molar-refractivity contribution in [3.8, 4) is 11.4 Å². The van der Waals surface area contributed by atoms with E-state index in [1.807, 2.05) is 36.5 Å². The van der Waals surface area contributed by atoms with Crippen molar-refractivity contribution < 1.29 is 13.9 Å². The average Bonchev–Trinajstić information content (AvgIpc) is 3.51. The zero-order valence-electron chi connectivity index (χ0n) is 19.5. The number of nitrogens with one attached hydrogen (secondary N) is 1. The summed E-state index contributed by atoms with van der Waals surface area (Å²) in [6, 6.07) is 10.0. The van der Waals surface area contributed by atoms with Crippen molar-refractivity contribution in [1.82, 2.24) is 24.8 Å². The number of hydrogen-bond donors (Lipinski definition) is 1. The van der Waals surface area contributed by atoms with Crippen LogP contribution < -0.4 is 4.90 Å². The van der Waals surface area contributed by atoms with Gasteiger partial charge in [-0.1, -0.05) is 12.1 Å². The van der Waals surface area contributed by atoms with E-state index >= 15 is 0 Å². The molecule has 5 heterocycles. The summed E-state index contributed by atoms with van der Waals surface area (Å²) in [5, 5.41) is 1.83.